The molecule has 11 heteroatoms. The molecule has 0 radical (unpaired) electrons. The van der Waals surface area contributed by atoms with E-state index in [1.807, 2.05) is 22.9 Å². The first-order valence-electron chi connectivity index (χ1n) is 12.2. The molecule has 0 saturated carbocycles. The molecule has 5 rings (SSSR count). The number of aromatic nitrogens is 1. The number of aliphatic hydroxyl groups is 2. The smallest absolute Gasteiger partial charge is 0.330 e. The van der Waals surface area contributed by atoms with Crippen LogP contribution in [0.1, 0.15) is 43.9 Å². The molecule has 3 aromatic rings. The van der Waals surface area contributed by atoms with Gasteiger partial charge in [-0.15, -0.1) is 0 Å². The van der Waals surface area contributed by atoms with Gasteiger partial charge in [-0.05, 0) is 68.7 Å². The molecule has 0 saturated heterocycles. The summed E-state index contributed by atoms with van der Waals surface area (Å²) < 4.78 is 45.1. The third kappa shape index (κ3) is 5.79. The maximum absolute atomic E-state index is 12.1. The molecule has 2 heterocycles. The van der Waals surface area contributed by atoms with Gasteiger partial charge in [0.05, 0.1) is 30.3 Å². The highest BCUT2D eigenvalue weighted by Gasteiger charge is 2.30. The second-order valence-electron chi connectivity index (χ2n) is 9.73. The fourth-order valence-corrected chi connectivity index (χ4v) is 5.34. The van der Waals surface area contributed by atoms with Crippen LogP contribution in [0.15, 0.2) is 72.9 Å². The minimum Gasteiger partial charge on any atom is -0.493 e. The van der Waals surface area contributed by atoms with E-state index >= 15 is 0 Å². The standard InChI is InChI=1S/C27H29N3O7S/c1-27(2,32)14-15-35-26-13-10-20(16-28-26)37-23-5-3-4-21-22(23)11-12-24(21)36-19-8-6-18(7-9-19)30-17-25(31)29-38(30,33)34/h3-10,13,16-17,24,29,31-32H,11-12,14-15H2,1-2H3/t24-/m1/s1. The topological polar surface area (TPSA) is 130 Å². The van der Waals surface area contributed by atoms with Gasteiger partial charge in [0.1, 0.15) is 23.4 Å². The lowest BCUT2D eigenvalue weighted by Gasteiger charge is -2.18. The normalized spacial score (nSPS) is 17.9. The van der Waals surface area contributed by atoms with Crippen molar-refractivity contribution in [1.29, 1.82) is 0 Å². The van der Waals surface area contributed by atoms with Crippen molar-refractivity contribution in [2.24, 2.45) is 0 Å². The number of rotatable bonds is 9. The number of ether oxygens (including phenoxy) is 3. The van der Waals surface area contributed by atoms with Crippen LogP contribution in [-0.2, 0) is 16.6 Å². The predicted octanol–water partition coefficient (Wildman–Crippen LogP) is 4.49. The second-order valence-corrected chi connectivity index (χ2v) is 11.3. The number of anilines is 1. The summed E-state index contributed by atoms with van der Waals surface area (Å²) in [4.78, 5) is 4.29. The Morgan fingerprint density at radius 3 is 2.53 bits per heavy atom. The van der Waals surface area contributed by atoms with Crippen LogP contribution in [0, 0.1) is 0 Å². The zero-order valence-electron chi connectivity index (χ0n) is 21.0. The number of hydrogen-bond donors (Lipinski definition) is 3. The number of nitrogens with zero attached hydrogens (tertiary/aromatic N) is 2. The lowest BCUT2D eigenvalue weighted by atomic mass is 10.1. The molecule has 0 fully saturated rings. The molecule has 1 aliphatic heterocycles. The maximum Gasteiger partial charge on any atom is 0.330 e. The van der Waals surface area contributed by atoms with Crippen LogP contribution in [-0.4, -0.2) is 35.8 Å². The Kier molecular flexibility index (Phi) is 6.80. The maximum atomic E-state index is 12.1. The molecular formula is C27H29N3O7S. The van der Waals surface area contributed by atoms with Crippen LogP contribution < -0.4 is 23.2 Å². The Hall–Kier alpha value is -3.96. The fourth-order valence-electron chi connectivity index (χ4n) is 4.28. The summed E-state index contributed by atoms with van der Waals surface area (Å²) in [7, 11) is -3.84. The van der Waals surface area contributed by atoms with Crippen molar-refractivity contribution >= 4 is 15.9 Å². The van der Waals surface area contributed by atoms with Gasteiger partial charge in [0, 0.05) is 18.1 Å². The van der Waals surface area contributed by atoms with E-state index in [-0.39, 0.29) is 6.10 Å². The van der Waals surface area contributed by atoms with Crippen molar-refractivity contribution in [2.75, 3.05) is 10.9 Å². The van der Waals surface area contributed by atoms with Gasteiger partial charge in [-0.25, -0.2) is 14.0 Å². The molecule has 38 heavy (non-hydrogen) atoms. The molecule has 2 aromatic carbocycles. The van der Waals surface area contributed by atoms with Crippen molar-refractivity contribution in [3.63, 3.8) is 0 Å². The minimum atomic E-state index is -3.84. The quantitative estimate of drug-likeness (QED) is 0.363. The van der Waals surface area contributed by atoms with Gasteiger partial charge in [0.2, 0.25) is 11.8 Å². The van der Waals surface area contributed by atoms with Gasteiger partial charge >= 0.3 is 10.2 Å². The van der Waals surface area contributed by atoms with Crippen LogP contribution in [0.2, 0.25) is 0 Å². The molecule has 0 amide bonds. The fraction of sp³-hybridized carbons (Fsp3) is 0.296. The predicted molar refractivity (Wildman–Crippen MR) is 141 cm³/mol. The molecule has 1 aromatic heterocycles. The summed E-state index contributed by atoms with van der Waals surface area (Å²) in [6.45, 7) is 3.83. The third-order valence-electron chi connectivity index (χ3n) is 6.18. The highest BCUT2D eigenvalue weighted by atomic mass is 32.2. The highest BCUT2D eigenvalue weighted by Crippen LogP contribution is 2.41. The first kappa shape index (κ1) is 25.7. The van der Waals surface area contributed by atoms with E-state index in [0.29, 0.717) is 36.1 Å². The Bertz CT molecular complexity index is 1430. The van der Waals surface area contributed by atoms with Crippen LogP contribution in [0.25, 0.3) is 0 Å². The van der Waals surface area contributed by atoms with E-state index in [1.165, 1.54) is 0 Å². The van der Waals surface area contributed by atoms with Crippen molar-refractivity contribution < 1.29 is 32.8 Å². The Balaban J connectivity index is 1.23. The van der Waals surface area contributed by atoms with Gasteiger partial charge in [0.15, 0.2) is 0 Å². The lowest BCUT2D eigenvalue weighted by molar-refractivity contribution is 0.0546. The SMILES string of the molecule is CC(C)(O)CCOc1ccc(Oc2cccc3c2CC[C@H]3Oc2ccc(N3C=C(O)NS3(=O)=O)cc2)cn1. The number of hydrogen-bond acceptors (Lipinski definition) is 8. The Labute approximate surface area is 221 Å². The summed E-state index contributed by atoms with van der Waals surface area (Å²) in [5.41, 5.74) is 1.68. The zero-order valence-corrected chi connectivity index (χ0v) is 21.8. The molecule has 0 spiro atoms. The lowest BCUT2D eigenvalue weighted by Crippen LogP contribution is -2.29. The summed E-state index contributed by atoms with van der Waals surface area (Å²) in [6, 6.07) is 16.0. The van der Waals surface area contributed by atoms with Crippen molar-refractivity contribution in [3.05, 3.63) is 84.0 Å². The number of nitrogens with one attached hydrogen (secondary N) is 1. The third-order valence-corrected chi connectivity index (χ3v) is 7.48. The molecule has 0 bridgehead atoms. The van der Waals surface area contributed by atoms with E-state index in [2.05, 4.69) is 4.98 Å². The Morgan fingerprint density at radius 1 is 1.11 bits per heavy atom. The zero-order chi connectivity index (χ0) is 26.9. The van der Waals surface area contributed by atoms with Gasteiger partial charge in [-0.2, -0.15) is 8.42 Å². The molecule has 0 unspecified atom stereocenters. The molecule has 2 aliphatic rings. The molecule has 200 valence electrons. The summed E-state index contributed by atoms with van der Waals surface area (Å²) in [5.74, 6) is 1.94. The van der Waals surface area contributed by atoms with E-state index in [1.54, 1.807) is 56.4 Å². The minimum absolute atomic E-state index is 0.176. The van der Waals surface area contributed by atoms with Crippen LogP contribution in [0.5, 0.6) is 23.1 Å². The van der Waals surface area contributed by atoms with Crippen LogP contribution >= 0.6 is 0 Å². The largest absolute Gasteiger partial charge is 0.493 e. The summed E-state index contributed by atoms with van der Waals surface area (Å²) >= 11 is 0. The van der Waals surface area contributed by atoms with Crippen molar-refractivity contribution in [3.8, 4) is 23.1 Å². The second kappa shape index (κ2) is 10.1. The molecule has 1 aliphatic carbocycles. The average Bonchev–Trinajstić information content (AvgIpc) is 3.39. The van der Waals surface area contributed by atoms with E-state index in [9.17, 15) is 18.6 Å². The van der Waals surface area contributed by atoms with Crippen LogP contribution in [0.3, 0.4) is 0 Å². The van der Waals surface area contributed by atoms with Gasteiger partial charge in [-0.1, -0.05) is 12.1 Å². The monoisotopic (exact) mass is 539 g/mol. The van der Waals surface area contributed by atoms with Crippen molar-refractivity contribution in [1.82, 2.24) is 9.71 Å². The summed E-state index contributed by atoms with van der Waals surface area (Å²) in [6.07, 6.45) is 4.58. The van der Waals surface area contributed by atoms with Gasteiger partial charge in [-0.3, -0.25) is 0 Å². The summed E-state index contributed by atoms with van der Waals surface area (Å²) in [5, 5.41) is 19.3. The molecule has 1 atom stereocenters. The van der Waals surface area contributed by atoms with E-state index < -0.39 is 21.7 Å². The number of fused-ring (bicyclic) bond motifs is 1. The number of benzene rings is 2. The number of pyridine rings is 1. The van der Waals surface area contributed by atoms with E-state index in [4.69, 9.17) is 14.2 Å². The van der Waals surface area contributed by atoms with Crippen molar-refractivity contribution in [2.45, 2.75) is 44.8 Å². The Morgan fingerprint density at radius 2 is 1.87 bits per heavy atom. The first-order valence-corrected chi connectivity index (χ1v) is 13.6. The van der Waals surface area contributed by atoms with Crippen LogP contribution in [0.4, 0.5) is 5.69 Å². The molecular weight excluding hydrogens is 510 g/mol. The number of aliphatic hydroxyl groups excluding tert-OH is 1. The first-order chi connectivity index (χ1) is 18.1. The van der Waals surface area contributed by atoms with E-state index in [0.717, 1.165) is 40.2 Å². The van der Waals surface area contributed by atoms with Gasteiger partial charge < -0.3 is 24.4 Å². The highest BCUT2D eigenvalue weighted by molar-refractivity contribution is 7.91. The van der Waals surface area contributed by atoms with Gasteiger partial charge in [0.25, 0.3) is 0 Å². The average molecular weight is 540 g/mol. The molecule has 10 nitrogen and oxygen atoms in total. The molecule has 3 N–H and O–H groups in total.